The number of hydrogen-bond acceptors (Lipinski definition) is 2. The lowest BCUT2D eigenvalue weighted by molar-refractivity contribution is -0.136. The van der Waals surface area contributed by atoms with Gasteiger partial charge in [-0.3, -0.25) is 4.79 Å². The maximum atomic E-state index is 11.4. The molecule has 0 aliphatic carbocycles. The number of carbonyl (C=O) groups is 1. The molecule has 0 atom stereocenters. The molecule has 2 N–H and O–H groups in total. The van der Waals surface area contributed by atoms with Crippen molar-refractivity contribution in [3.63, 3.8) is 0 Å². The number of nitrogens with one attached hydrogen (secondary N) is 1. The van der Waals surface area contributed by atoms with Crippen molar-refractivity contribution in [3.8, 4) is 17.0 Å². The number of para-hydroxylation sites is 1. The molecule has 0 saturated heterocycles. The third-order valence-corrected chi connectivity index (χ3v) is 4.87. The van der Waals surface area contributed by atoms with Crippen molar-refractivity contribution in [3.05, 3.63) is 89.5 Å². The van der Waals surface area contributed by atoms with Gasteiger partial charge in [0.1, 0.15) is 12.4 Å². The van der Waals surface area contributed by atoms with E-state index in [9.17, 15) is 9.90 Å². The Morgan fingerprint density at radius 3 is 2.43 bits per heavy atom. The number of aliphatic carboxylic acids is 1. The molecule has 0 aliphatic rings. The van der Waals surface area contributed by atoms with E-state index in [-0.39, 0.29) is 6.42 Å². The summed E-state index contributed by atoms with van der Waals surface area (Å²) in [4.78, 5) is 14.8. The fraction of sp³-hybridized carbons (Fsp3) is 0.125. The van der Waals surface area contributed by atoms with Gasteiger partial charge in [-0.1, -0.05) is 48.5 Å². The molecule has 28 heavy (non-hydrogen) atoms. The summed E-state index contributed by atoms with van der Waals surface area (Å²) >= 11 is 0. The molecule has 0 unspecified atom stereocenters. The highest BCUT2D eigenvalue weighted by Crippen LogP contribution is 2.33. The number of ether oxygens (including phenoxy) is 1. The third kappa shape index (κ3) is 3.62. The number of H-pyrrole nitrogens is 1. The van der Waals surface area contributed by atoms with Gasteiger partial charge in [-0.25, -0.2) is 0 Å². The van der Waals surface area contributed by atoms with E-state index in [1.54, 1.807) is 0 Å². The van der Waals surface area contributed by atoms with E-state index in [4.69, 9.17) is 4.74 Å². The van der Waals surface area contributed by atoms with Crippen LogP contribution >= 0.6 is 0 Å². The zero-order valence-corrected chi connectivity index (χ0v) is 15.6. The number of carboxylic acid groups (broad SMARTS) is 1. The molecule has 0 fully saturated rings. The molecular formula is C24H21NO3. The topological polar surface area (TPSA) is 62.3 Å². The predicted octanol–water partition coefficient (Wildman–Crippen LogP) is 5.35. The zero-order valence-electron chi connectivity index (χ0n) is 15.6. The second kappa shape index (κ2) is 7.61. The molecule has 3 aromatic carbocycles. The fourth-order valence-corrected chi connectivity index (χ4v) is 3.46. The van der Waals surface area contributed by atoms with Crippen LogP contribution in [0.1, 0.15) is 16.7 Å². The molecule has 4 aromatic rings. The first-order valence-electron chi connectivity index (χ1n) is 9.21. The van der Waals surface area contributed by atoms with Crippen LogP contribution in [0, 0.1) is 6.92 Å². The molecule has 4 heteroatoms. The number of aryl methyl sites for hydroxylation is 1. The van der Waals surface area contributed by atoms with Gasteiger partial charge in [0.25, 0.3) is 0 Å². The fourth-order valence-electron chi connectivity index (χ4n) is 3.46. The lowest BCUT2D eigenvalue weighted by Crippen LogP contribution is -2.01. The molecule has 1 aromatic heterocycles. The maximum Gasteiger partial charge on any atom is 0.307 e. The minimum Gasteiger partial charge on any atom is -0.489 e. The monoisotopic (exact) mass is 371 g/mol. The molecule has 140 valence electrons. The summed E-state index contributed by atoms with van der Waals surface area (Å²) in [7, 11) is 0. The van der Waals surface area contributed by atoms with Gasteiger partial charge in [0.2, 0.25) is 0 Å². The number of aromatic amines is 1. The Kier molecular flexibility index (Phi) is 4.85. The second-order valence-electron chi connectivity index (χ2n) is 6.85. The SMILES string of the molecule is Cc1cccc2c(CC(=O)O)c(-c3ccc(OCc4ccccc4)cc3)[nH]c12. The standard InChI is InChI=1S/C24H21NO3/c1-16-6-5-9-20-21(14-22(26)27)24(25-23(16)20)18-10-12-19(13-11-18)28-15-17-7-3-2-4-8-17/h2-13,25H,14-15H2,1H3,(H,26,27). The summed E-state index contributed by atoms with van der Waals surface area (Å²) in [5.74, 6) is -0.0637. The molecule has 0 aliphatic heterocycles. The van der Waals surface area contributed by atoms with Crippen LogP contribution in [-0.4, -0.2) is 16.1 Å². The molecule has 4 nitrogen and oxygen atoms in total. The highest BCUT2D eigenvalue weighted by atomic mass is 16.5. The van der Waals surface area contributed by atoms with E-state index < -0.39 is 5.97 Å². The van der Waals surface area contributed by atoms with Crippen LogP contribution < -0.4 is 4.74 Å². The average Bonchev–Trinajstić information content (AvgIpc) is 3.07. The molecule has 0 saturated carbocycles. The Morgan fingerprint density at radius 1 is 0.964 bits per heavy atom. The van der Waals surface area contributed by atoms with E-state index in [1.807, 2.05) is 79.7 Å². The Hall–Kier alpha value is -3.53. The van der Waals surface area contributed by atoms with Crippen LogP contribution in [0.15, 0.2) is 72.8 Å². The van der Waals surface area contributed by atoms with Crippen LogP contribution in [-0.2, 0) is 17.8 Å². The molecule has 0 radical (unpaired) electrons. The van der Waals surface area contributed by atoms with Crippen molar-refractivity contribution in [2.75, 3.05) is 0 Å². The van der Waals surface area contributed by atoms with Crippen LogP contribution in [0.25, 0.3) is 22.2 Å². The molecular weight excluding hydrogens is 350 g/mol. The van der Waals surface area contributed by atoms with Gasteiger partial charge in [-0.2, -0.15) is 0 Å². The van der Waals surface area contributed by atoms with Gasteiger partial charge >= 0.3 is 5.97 Å². The van der Waals surface area contributed by atoms with Crippen LogP contribution in [0.2, 0.25) is 0 Å². The summed E-state index contributed by atoms with van der Waals surface area (Å²) in [6.07, 6.45) is -0.0228. The predicted molar refractivity (Wildman–Crippen MR) is 111 cm³/mol. The average molecular weight is 371 g/mol. The number of carboxylic acids is 1. The quantitative estimate of drug-likeness (QED) is 0.480. The summed E-state index contributed by atoms with van der Waals surface area (Å²) < 4.78 is 5.85. The van der Waals surface area contributed by atoms with Gasteiger partial charge < -0.3 is 14.8 Å². The van der Waals surface area contributed by atoms with Crippen molar-refractivity contribution < 1.29 is 14.6 Å². The minimum atomic E-state index is -0.841. The normalized spacial score (nSPS) is 10.9. The van der Waals surface area contributed by atoms with Gasteiger partial charge in [0.15, 0.2) is 0 Å². The van der Waals surface area contributed by atoms with E-state index >= 15 is 0 Å². The number of fused-ring (bicyclic) bond motifs is 1. The zero-order chi connectivity index (χ0) is 19.5. The highest BCUT2D eigenvalue weighted by molar-refractivity contribution is 5.95. The van der Waals surface area contributed by atoms with E-state index in [2.05, 4.69) is 4.98 Å². The summed E-state index contributed by atoms with van der Waals surface area (Å²) in [5, 5.41) is 10.3. The summed E-state index contributed by atoms with van der Waals surface area (Å²) in [6.45, 7) is 2.53. The molecule has 0 bridgehead atoms. The van der Waals surface area contributed by atoms with Gasteiger partial charge in [-0.15, -0.1) is 0 Å². The Balaban J connectivity index is 1.64. The Bertz CT molecular complexity index is 1110. The largest absolute Gasteiger partial charge is 0.489 e. The second-order valence-corrected chi connectivity index (χ2v) is 6.85. The maximum absolute atomic E-state index is 11.4. The number of rotatable bonds is 6. The van der Waals surface area contributed by atoms with Gasteiger partial charge in [-0.05, 0) is 53.4 Å². The Morgan fingerprint density at radius 2 is 1.71 bits per heavy atom. The number of hydrogen-bond donors (Lipinski definition) is 2. The lowest BCUT2D eigenvalue weighted by atomic mass is 10.0. The molecule has 1 heterocycles. The van der Waals surface area contributed by atoms with Crippen molar-refractivity contribution in [2.45, 2.75) is 20.0 Å². The minimum absolute atomic E-state index is 0.0228. The van der Waals surface area contributed by atoms with Gasteiger partial charge in [0, 0.05) is 10.9 Å². The molecule has 0 spiro atoms. The van der Waals surface area contributed by atoms with Crippen molar-refractivity contribution in [1.82, 2.24) is 4.98 Å². The summed E-state index contributed by atoms with van der Waals surface area (Å²) in [6, 6.07) is 23.7. The number of benzene rings is 3. The van der Waals surface area contributed by atoms with Crippen molar-refractivity contribution >= 4 is 16.9 Å². The lowest BCUT2D eigenvalue weighted by Gasteiger charge is -2.08. The molecule has 4 rings (SSSR count). The molecule has 0 amide bonds. The first-order chi connectivity index (χ1) is 13.6. The van der Waals surface area contributed by atoms with E-state index in [0.29, 0.717) is 6.61 Å². The third-order valence-electron chi connectivity index (χ3n) is 4.87. The van der Waals surface area contributed by atoms with E-state index in [0.717, 1.165) is 44.6 Å². The Labute approximate surface area is 163 Å². The number of aromatic nitrogens is 1. The van der Waals surface area contributed by atoms with Crippen LogP contribution in [0.4, 0.5) is 0 Å². The van der Waals surface area contributed by atoms with E-state index in [1.165, 1.54) is 0 Å². The summed E-state index contributed by atoms with van der Waals surface area (Å²) in [5.41, 5.74) is 5.79. The van der Waals surface area contributed by atoms with Gasteiger partial charge in [0.05, 0.1) is 12.1 Å². The smallest absolute Gasteiger partial charge is 0.307 e. The first kappa shape index (κ1) is 17.9. The highest BCUT2D eigenvalue weighted by Gasteiger charge is 2.16. The van der Waals surface area contributed by atoms with Crippen LogP contribution in [0.5, 0.6) is 5.75 Å². The van der Waals surface area contributed by atoms with Crippen LogP contribution in [0.3, 0.4) is 0 Å². The van der Waals surface area contributed by atoms with Crippen molar-refractivity contribution in [1.29, 1.82) is 0 Å². The van der Waals surface area contributed by atoms with Crippen molar-refractivity contribution in [2.24, 2.45) is 0 Å². The first-order valence-corrected chi connectivity index (χ1v) is 9.21.